The highest BCUT2D eigenvalue weighted by Gasteiger charge is 2.32. The van der Waals surface area contributed by atoms with Gasteiger partial charge in [-0.05, 0) is 42.3 Å². The molecule has 1 N–H and O–H groups in total. The number of likely N-dealkylation sites (N-methyl/N-ethyl adjacent to an activating group) is 1. The molecule has 0 unspecified atom stereocenters. The Labute approximate surface area is 172 Å². The Morgan fingerprint density at radius 3 is 2.75 bits per heavy atom. The number of carbonyl (C=O) groups is 1. The van der Waals surface area contributed by atoms with Crippen LogP contribution in [0.3, 0.4) is 0 Å². The average molecular weight is 420 g/mol. The summed E-state index contributed by atoms with van der Waals surface area (Å²) in [4.78, 5) is 14.6. The molecular weight excluding hydrogens is 401 g/mol. The summed E-state index contributed by atoms with van der Waals surface area (Å²) < 4.78 is 1.87. The van der Waals surface area contributed by atoms with E-state index in [1.165, 1.54) is 4.90 Å². The monoisotopic (exact) mass is 419 g/mol. The minimum atomic E-state index is -0.900. The van der Waals surface area contributed by atoms with Crippen LogP contribution in [0.2, 0.25) is 10.0 Å². The van der Waals surface area contributed by atoms with E-state index < -0.39 is 6.09 Å². The van der Waals surface area contributed by atoms with Gasteiger partial charge in [0.1, 0.15) is 5.52 Å². The molecule has 28 heavy (non-hydrogen) atoms. The first-order chi connectivity index (χ1) is 13.4. The second-order valence-corrected chi connectivity index (χ2v) is 7.77. The molecule has 1 amide bonds. The van der Waals surface area contributed by atoms with Crippen LogP contribution in [0.15, 0.2) is 36.4 Å². The van der Waals surface area contributed by atoms with Crippen molar-refractivity contribution in [2.45, 2.75) is 19.0 Å². The molecule has 1 aliphatic heterocycles. The lowest BCUT2D eigenvalue weighted by atomic mass is 10.1. The number of benzene rings is 2. The number of halogens is 2. The Hall–Kier alpha value is -2.51. The minimum Gasteiger partial charge on any atom is -0.465 e. The fourth-order valence-electron chi connectivity index (χ4n) is 3.33. The van der Waals surface area contributed by atoms with Gasteiger partial charge in [0.25, 0.3) is 0 Å². The van der Waals surface area contributed by atoms with Crippen LogP contribution in [0.25, 0.3) is 11.0 Å². The Kier molecular flexibility index (Phi) is 5.03. The van der Waals surface area contributed by atoms with Crippen LogP contribution in [0, 0.1) is 0 Å². The molecule has 0 spiro atoms. The third-order valence-corrected chi connectivity index (χ3v) is 5.77. The lowest BCUT2D eigenvalue weighted by Crippen LogP contribution is -2.59. The molecule has 0 atom stereocenters. The van der Waals surface area contributed by atoms with Gasteiger partial charge < -0.3 is 14.9 Å². The van der Waals surface area contributed by atoms with E-state index in [2.05, 4.69) is 21.3 Å². The summed E-state index contributed by atoms with van der Waals surface area (Å²) in [5, 5.41) is 18.8. The first kappa shape index (κ1) is 18.8. The average Bonchev–Trinajstić information content (AvgIpc) is 3.02. The third kappa shape index (κ3) is 3.59. The van der Waals surface area contributed by atoms with Crippen molar-refractivity contribution in [2.75, 3.05) is 25.0 Å². The predicted molar refractivity (Wildman–Crippen MR) is 109 cm³/mol. The molecule has 1 aliphatic rings. The Bertz CT molecular complexity index is 1030. The number of hydrogen-bond donors (Lipinski definition) is 1. The first-order valence-corrected chi connectivity index (χ1v) is 9.66. The molecule has 4 rings (SSSR count). The summed E-state index contributed by atoms with van der Waals surface area (Å²) >= 11 is 12.2. The lowest BCUT2D eigenvalue weighted by molar-refractivity contribution is 0.130. The summed E-state index contributed by atoms with van der Waals surface area (Å²) in [5.41, 5.74) is 3.81. The van der Waals surface area contributed by atoms with E-state index in [9.17, 15) is 4.79 Å². The topological polar surface area (TPSA) is 74.5 Å². The SMILES string of the molecule is CN(C(=O)O)C1CN(c2ccc3nnn(CCc4ccc(Cl)cc4Cl)c3c2)C1. The van der Waals surface area contributed by atoms with Crippen molar-refractivity contribution in [3.63, 3.8) is 0 Å². The molecule has 0 bridgehead atoms. The van der Waals surface area contributed by atoms with Crippen molar-refractivity contribution in [3.05, 3.63) is 52.0 Å². The Morgan fingerprint density at radius 1 is 1.25 bits per heavy atom. The molecule has 1 aromatic heterocycles. The largest absolute Gasteiger partial charge is 0.465 e. The van der Waals surface area contributed by atoms with Gasteiger partial charge in [-0.3, -0.25) is 0 Å². The highest BCUT2D eigenvalue weighted by molar-refractivity contribution is 6.35. The highest BCUT2D eigenvalue weighted by atomic mass is 35.5. The van der Waals surface area contributed by atoms with Crippen LogP contribution >= 0.6 is 23.2 Å². The van der Waals surface area contributed by atoms with Crippen LogP contribution < -0.4 is 4.90 Å². The number of amides is 1. The lowest BCUT2D eigenvalue weighted by Gasteiger charge is -2.44. The summed E-state index contributed by atoms with van der Waals surface area (Å²) in [5.74, 6) is 0. The molecule has 0 saturated carbocycles. The van der Waals surface area contributed by atoms with Crippen LogP contribution in [-0.4, -0.2) is 57.3 Å². The molecule has 9 heteroatoms. The molecule has 1 fully saturated rings. The van der Waals surface area contributed by atoms with Gasteiger partial charge in [-0.25, -0.2) is 9.48 Å². The number of fused-ring (bicyclic) bond motifs is 1. The summed E-state index contributed by atoms with van der Waals surface area (Å²) in [6.07, 6.45) is -0.184. The van der Waals surface area contributed by atoms with Gasteiger partial charge in [0.2, 0.25) is 0 Å². The first-order valence-electron chi connectivity index (χ1n) is 8.90. The number of aromatic nitrogens is 3. The Morgan fingerprint density at radius 2 is 2.04 bits per heavy atom. The quantitative estimate of drug-likeness (QED) is 0.680. The van der Waals surface area contributed by atoms with Crippen molar-refractivity contribution in [1.82, 2.24) is 19.9 Å². The van der Waals surface area contributed by atoms with Crippen LogP contribution in [0.4, 0.5) is 10.5 Å². The fourth-order valence-corrected chi connectivity index (χ4v) is 3.84. The van der Waals surface area contributed by atoms with Gasteiger partial charge in [0.15, 0.2) is 0 Å². The van der Waals surface area contributed by atoms with Crippen LogP contribution in [-0.2, 0) is 13.0 Å². The van der Waals surface area contributed by atoms with Crippen molar-refractivity contribution in [1.29, 1.82) is 0 Å². The molecule has 146 valence electrons. The summed E-state index contributed by atoms with van der Waals surface area (Å²) in [6.45, 7) is 2.00. The number of anilines is 1. The molecule has 0 radical (unpaired) electrons. The highest BCUT2D eigenvalue weighted by Crippen LogP contribution is 2.27. The number of aryl methyl sites for hydroxylation is 2. The molecular formula is C19H19Cl2N5O2. The van der Waals surface area contributed by atoms with Gasteiger partial charge in [0.05, 0.1) is 11.6 Å². The van der Waals surface area contributed by atoms with E-state index >= 15 is 0 Å². The van der Waals surface area contributed by atoms with E-state index in [-0.39, 0.29) is 6.04 Å². The zero-order valence-corrected chi connectivity index (χ0v) is 16.7. The van der Waals surface area contributed by atoms with E-state index in [1.807, 2.05) is 28.9 Å². The standard InChI is InChI=1S/C19H19Cl2N5O2/c1-24(19(27)28)15-10-25(11-15)14-4-5-17-18(9-14)26(23-22-17)7-6-12-2-3-13(20)8-16(12)21/h2-5,8-9,15H,6-7,10-11H2,1H3,(H,27,28). The maximum Gasteiger partial charge on any atom is 0.407 e. The van der Waals surface area contributed by atoms with Crippen molar-refractivity contribution in [2.24, 2.45) is 0 Å². The molecule has 1 saturated heterocycles. The van der Waals surface area contributed by atoms with E-state index in [1.54, 1.807) is 13.1 Å². The van der Waals surface area contributed by atoms with Gasteiger partial charge in [-0.1, -0.05) is 34.5 Å². The van der Waals surface area contributed by atoms with Gasteiger partial charge in [-0.15, -0.1) is 5.10 Å². The molecule has 2 heterocycles. The summed E-state index contributed by atoms with van der Waals surface area (Å²) in [6, 6.07) is 11.5. The molecule has 0 aliphatic carbocycles. The maximum atomic E-state index is 11.1. The van der Waals surface area contributed by atoms with Gasteiger partial charge in [0, 0.05) is 42.4 Å². The van der Waals surface area contributed by atoms with Crippen LogP contribution in [0.5, 0.6) is 0 Å². The van der Waals surface area contributed by atoms with E-state index in [0.29, 0.717) is 36.1 Å². The number of nitrogens with zero attached hydrogens (tertiary/aromatic N) is 5. The van der Waals surface area contributed by atoms with Crippen molar-refractivity contribution >= 4 is 46.0 Å². The van der Waals surface area contributed by atoms with Gasteiger partial charge >= 0.3 is 6.09 Å². The van der Waals surface area contributed by atoms with E-state index in [4.69, 9.17) is 28.3 Å². The zero-order valence-electron chi connectivity index (χ0n) is 15.2. The van der Waals surface area contributed by atoms with Crippen LogP contribution in [0.1, 0.15) is 5.56 Å². The second kappa shape index (κ2) is 7.48. The number of carboxylic acid groups (broad SMARTS) is 1. The molecule has 7 nitrogen and oxygen atoms in total. The van der Waals surface area contributed by atoms with Crippen molar-refractivity contribution in [3.8, 4) is 0 Å². The van der Waals surface area contributed by atoms with Crippen molar-refractivity contribution < 1.29 is 9.90 Å². The Balaban J connectivity index is 1.48. The maximum absolute atomic E-state index is 11.1. The summed E-state index contributed by atoms with van der Waals surface area (Å²) in [7, 11) is 1.61. The second-order valence-electron chi connectivity index (χ2n) is 6.92. The smallest absolute Gasteiger partial charge is 0.407 e. The zero-order chi connectivity index (χ0) is 19.8. The number of hydrogen-bond acceptors (Lipinski definition) is 4. The molecule has 3 aromatic rings. The minimum absolute atomic E-state index is 0.0169. The fraction of sp³-hybridized carbons (Fsp3) is 0.316. The third-order valence-electron chi connectivity index (χ3n) is 5.18. The number of rotatable bonds is 5. The normalized spacial score (nSPS) is 14.3. The molecule has 2 aromatic carbocycles. The predicted octanol–water partition coefficient (Wildman–Crippen LogP) is 3.78. The van der Waals surface area contributed by atoms with E-state index in [0.717, 1.165) is 22.3 Å². The van der Waals surface area contributed by atoms with Gasteiger partial charge in [-0.2, -0.15) is 0 Å².